The average molecular weight is 1010 g/mol. The Hall–Kier alpha value is -2.07. The van der Waals surface area contributed by atoms with E-state index in [-0.39, 0.29) is 40.4 Å². The van der Waals surface area contributed by atoms with Gasteiger partial charge < -0.3 is 46.7 Å². The predicted molar refractivity (Wildman–Crippen MR) is 254 cm³/mol. The van der Waals surface area contributed by atoms with Crippen molar-refractivity contribution in [1.29, 1.82) is 0 Å². The molecule has 2 aliphatic rings. The second-order valence-electron chi connectivity index (χ2n) is 19.4. The summed E-state index contributed by atoms with van der Waals surface area (Å²) in [5.41, 5.74) is 3.00. The van der Waals surface area contributed by atoms with E-state index in [0.29, 0.717) is 6.61 Å². The van der Waals surface area contributed by atoms with E-state index >= 15 is 0 Å². The molecule has 14 heteroatoms. The summed E-state index contributed by atoms with van der Waals surface area (Å²) in [7, 11) is -3.26. The van der Waals surface area contributed by atoms with Crippen molar-refractivity contribution in [3.8, 4) is 0 Å². The van der Waals surface area contributed by atoms with E-state index in [0.717, 1.165) is 16.7 Å². The summed E-state index contributed by atoms with van der Waals surface area (Å²) in [6.45, 7) is 24.7. The van der Waals surface area contributed by atoms with Crippen molar-refractivity contribution in [3.63, 3.8) is 0 Å². The Bertz CT molecular complexity index is 1790. The molecule has 5 rings (SSSR count). The molecule has 0 bridgehead atoms. The third-order valence-corrected chi connectivity index (χ3v) is 22.8. The molecule has 2 heterocycles. The van der Waals surface area contributed by atoms with Gasteiger partial charge in [-0.15, -0.1) is 0 Å². The van der Waals surface area contributed by atoms with Crippen LogP contribution < -0.4 is 0 Å². The second-order valence-corrected chi connectivity index (χ2v) is 30.3. The highest BCUT2D eigenvalue weighted by Crippen LogP contribution is 2.45. The van der Waals surface area contributed by atoms with Gasteiger partial charge in [0.1, 0.15) is 43.2 Å². The van der Waals surface area contributed by atoms with Gasteiger partial charge in [-0.25, -0.2) is 0 Å². The van der Waals surface area contributed by atoms with Gasteiger partial charge in [0.25, 0.3) is 0 Å². The second kappa shape index (κ2) is 22.4. The van der Waals surface area contributed by atoms with Crippen LogP contribution in [0.3, 0.4) is 0 Å². The van der Waals surface area contributed by atoms with Crippen LogP contribution in [-0.2, 0) is 71.4 Å². The lowest BCUT2D eigenvalue weighted by Gasteiger charge is -2.53. The smallest absolute Gasteiger partial charge is 0.302 e. The Labute approximate surface area is 386 Å². The molecule has 3 aromatic rings. The summed E-state index contributed by atoms with van der Waals surface area (Å²) in [4.78, 5) is 12.4. The Morgan fingerprint density at radius 1 is 0.597 bits per heavy atom. The van der Waals surface area contributed by atoms with Crippen LogP contribution in [0.5, 0.6) is 0 Å². The lowest BCUT2D eigenvalue weighted by Crippen LogP contribution is -2.67. The molecular weight excluding hydrogens is 936 g/mol. The number of methoxy groups -OCH3 is 1. The molecule has 62 heavy (non-hydrogen) atoms. The highest BCUT2D eigenvalue weighted by atomic mass is 127. The molecule has 2 fully saturated rings. The molecule has 11 nitrogen and oxygen atoms in total. The van der Waals surface area contributed by atoms with E-state index < -0.39 is 77.9 Å². The number of rotatable bonds is 19. The number of ether oxygens (including phenoxy) is 8. The van der Waals surface area contributed by atoms with Gasteiger partial charge >= 0.3 is 5.97 Å². The molecule has 0 aliphatic carbocycles. The minimum Gasteiger partial charge on any atom is -0.463 e. The molecule has 0 N–H and O–H groups in total. The number of halogens is 1. The third-order valence-electron chi connectivity index (χ3n) is 12.6. The molecule has 2 saturated heterocycles. The topological polar surface area (TPSA) is 109 Å². The quantitative estimate of drug-likeness (QED) is 0.0496. The molecule has 0 saturated carbocycles. The molecular formula is C48H71IO11Si2. The monoisotopic (exact) mass is 1010 g/mol. The van der Waals surface area contributed by atoms with E-state index in [4.69, 9.17) is 46.7 Å². The zero-order valence-corrected chi connectivity index (χ0v) is 43.0. The number of carbonyl (C=O) groups excluding carboxylic acids is 1. The van der Waals surface area contributed by atoms with Crippen LogP contribution in [0.2, 0.25) is 36.3 Å². The number of benzene rings is 3. The van der Waals surface area contributed by atoms with Crippen molar-refractivity contribution in [2.45, 2.75) is 164 Å². The van der Waals surface area contributed by atoms with Crippen LogP contribution in [0.4, 0.5) is 0 Å². The number of hydrogen-bond acceptors (Lipinski definition) is 11. The van der Waals surface area contributed by atoms with Gasteiger partial charge in [-0.1, -0.05) is 155 Å². The molecule has 2 aliphatic heterocycles. The van der Waals surface area contributed by atoms with Crippen LogP contribution >= 0.6 is 22.6 Å². The molecule has 0 radical (unpaired) electrons. The zero-order valence-electron chi connectivity index (χ0n) is 38.8. The largest absolute Gasteiger partial charge is 0.463 e. The normalized spacial score (nSPS) is 27.5. The Morgan fingerprint density at radius 3 is 1.50 bits per heavy atom. The molecule has 0 amide bonds. The third kappa shape index (κ3) is 13.7. The SMILES string of the molecule is CO[C@H]1O[C@H](COCc2ccccc2)[C@@H](O[C@@H]2O[C@H](COC(C)=O)[C@@H](O[Si](C)(C)C(C)(C)C)[C@H](O[Si](C)(C)C(C)(C)C)[C@H]2I)[C@H](OCc2ccccc2)[C@H]1OCc1ccccc1. The summed E-state index contributed by atoms with van der Waals surface area (Å²) in [5, 5.41) is -0.227. The standard InChI is InChI=1S/C48H71IO11Si2/c1-33(50)53-32-38-41(59-61(9,10)47(2,3)4)42(60-62(11,12)48(5,6)7)39(49)45(56-38)58-40-37(31-52-28-34-22-16-13-17-23-34)57-46(51-8)44(55-30-36-26-20-15-21-27-36)43(40)54-29-35-24-18-14-19-25-35/h13-27,37-46H,28-32H2,1-12H3/t37-,38-,39-,40-,41-,42-,43+,44-,45+,46+/m1/s1. The number of esters is 1. The number of carbonyl (C=O) groups is 1. The predicted octanol–water partition coefficient (Wildman–Crippen LogP) is 10.0. The average Bonchev–Trinajstić information content (AvgIpc) is 3.21. The summed E-state index contributed by atoms with van der Waals surface area (Å²) in [6.07, 6.45) is -6.36. The minimum absolute atomic E-state index is 0.0392. The van der Waals surface area contributed by atoms with Crippen molar-refractivity contribution < 1.29 is 51.5 Å². The van der Waals surface area contributed by atoms with Crippen LogP contribution in [-0.4, -0.2) is 102 Å². The van der Waals surface area contributed by atoms with Crippen molar-refractivity contribution >= 4 is 45.2 Å². The maximum Gasteiger partial charge on any atom is 0.302 e. The molecule has 344 valence electrons. The van der Waals surface area contributed by atoms with Gasteiger partial charge in [0, 0.05) is 14.0 Å². The summed E-state index contributed by atoms with van der Waals surface area (Å²) < 4.78 is 67.2. The minimum atomic E-state index is -2.44. The summed E-state index contributed by atoms with van der Waals surface area (Å²) in [6, 6.07) is 30.0. The van der Waals surface area contributed by atoms with Crippen LogP contribution in [0.15, 0.2) is 91.0 Å². The lowest BCUT2D eigenvalue weighted by molar-refractivity contribution is -0.349. The molecule has 10 atom stereocenters. The molecule has 0 aromatic heterocycles. The number of hydrogen-bond donors (Lipinski definition) is 0. The lowest BCUT2D eigenvalue weighted by atomic mass is 9.97. The van der Waals surface area contributed by atoms with Gasteiger partial charge in [-0.3, -0.25) is 4.79 Å². The van der Waals surface area contributed by atoms with Crippen LogP contribution in [0, 0.1) is 0 Å². The van der Waals surface area contributed by atoms with E-state index in [2.05, 4.69) is 90.3 Å². The molecule has 0 spiro atoms. The van der Waals surface area contributed by atoms with Gasteiger partial charge in [-0.2, -0.15) is 0 Å². The van der Waals surface area contributed by atoms with Gasteiger partial charge in [0.2, 0.25) is 0 Å². The zero-order chi connectivity index (χ0) is 45.3. The van der Waals surface area contributed by atoms with E-state index in [1.165, 1.54) is 6.92 Å². The Balaban J connectivity index is 1.58. The maximum absolute atomic E-state index is 12.4. The fourth-order valence-corrected chi connectivity index (χ4v) is 10.7. The highest BCUT2D eigenvalue weighted by Gasteiger charge is 2.56. The first-order chi connectivity index (χ1) is 29.2. The number of alkyl halides is 1. The maximum atomic E-state index is 12.4. The van der Waals surface area contributed by atoms with E-state index in [1.807, 2.05) is 91.0 Å². The first kappa shape index (κ1) is 50.9. The first-order valence-electron chi connectivity index (χ1n) is 21.8. The summed E-state index contributed by atoms with van der Waals surface area (Å²) in [5.74, 6) is -0.412. The van der Waals surface area contributed by atoms with Crippen LogP contribution in [0.1, 0.15) is 65.2 Å². The molecule has 3 aromatic carbocycles. The molecule has 0 unspecified atom stereocenters. The fraction of sp³-hybridized carbons (Fsp3) is 0.604. The van der Waals surface area contributed by atoms with E-state index in [9.17, 15) is 4.79 Å². The van der Waals surface area contributed by atoms with Gasteiger partial charge in [0.05, 0.1) is 36.5 Å². The van der Waals surface area contributed by atoms with Crippen molar-refractivity contribution in [2.24, 2.45) is 0 Å². The van der Waals surface area contributed by atoms with Gasteiger partial charge in [-0.05, 0) is 53.0 Å². The first-order valence-corrected chi connectivity index (χ1v) is 28.8. The van der Waals surface area contributed by atoms with Gasteiger partial charge in [0.15, 0.2) is 29.2 Å². The fourth-order valence-electron chi connectivity index (χ4n) is 6.91. The van der Waals surface area contributed by atoms with E-state index in [1.54, 1.807) is 7.11 Å². The van der Waals surface area contributed by atoms with Crippen LogP contribution in [0.25, 0.3) is 0 Å². The Kier molecular flexibility index (Phi) is 18.4. The van der Waals surface area contributed by atoms with Crippen molar-refractivity contribution in [1.82, 2.24) is 0 Å². The van der Waals surface area contributed by atoms with Crippen molar-refractivity contribution in [3.05, 3.63) is 108 Å². The highest BCUT2D eigenvalue weighted by molar-refractivity contribution is 14.1. The summed E-state index contributed by atoms with van der Waals surface area (Å²) >= 11 is 2.41. The Morgan fingerprint density at radius 2 is 1.03 bits per heavy atom. The van der Waals surface area contributed by atoms with Crippen molar-refractivity contribution in [2.75, 3.05) is 20.3 Å².